The van der Waals surface area contributed by atoms with Gasteiger partial charge in [0.05, 0.1) is 0 Å². The summed E-state index contributed by atoms with van der Waals surface area (Å²) in [5, 5.41) is 3.41. The zero-order valence-corrected chi connectivity index (χ0v) is 13.2. The molecule has 1 unspecified atom stereocenters. The van der Waals surface area contributed by atoms with Crippen LogP contribution in [-0.2, 0) is 6.42 Å². The number of halogens is 1. The van der Waals surface area contributed by atoms with E-state index >= 15 is 0 Å². The average Bonchev–Trinajstić information content (AvgIpc) is 3.06. The fraction of sp³-hybridized carbons (Fsp3) is 0.636. The van der Waals surface area contributed by atoms with Gasteiger partial charge in [0, 0.05) is 62.1 Å². The summed E-state index contributed by atoms with van der Waals surface area (Å²) >= 11 is 2.31. The number of hydrogen-bond acceptors (Lipinski definition) is 6. The number of likely N-dealkylation sites (N-methyl/N-ethyl adjacent to an activating group) is 1. The van der Waals surface area contributed by atoms with E-state index in [9.17, 15) is 0 Å². The third-order valence-corrected chi connectivity index (χ3v) is 5.65. The van der Waals surface area contributed by atoms with Crippen LogP contribution < -0.4 is 14.5 Å². The maximum absolute atomic E-state index is 4.51. The van der Waals surface area contributed by atoms with Crippen molar-refractivity contribution in [1.29, 1.82) is 0 Å². The maximum atomic E-state index is 4.51. The highest BCUT2D eigenvalue weighted by Gasteiger charge is 2.28. The summed E-state index contributed by atoms with van der Waals surface area (Å²) < 4.78 is 2.24. The lowest BCUT2D eigenvalue weighted by atomic mass is 10.2. The van der Waals surface area contributed by atoms with Gasteiger partial charge < -0.3 is 10.2 Å². The number of hydrogen-bond donors (Lipinski definition) is 1. The Morgan fingerprint density at radius 3 is 3.17 bits per heavy atom. The molecule has 3 rings (SSSR count). The van der Waals surface area contributed by atoms with E-state index in [0.717, 1.165) is 37.7 Å². The molecule has 1 atom stereocenters. The number of rotatable bonds is 3. The predicted octanol–water partition coefficient (Wildman–Crippen LogP) is 1.64. The first-order chi connectivity index (χ1) is 8.81. The summed E-state index contributed by atoms with van der Waals surface area (Å²) in [6, 6.07) is 0.560. The minimum Gasteiger partial charge on any atom is -0.355 e. The van der Waals surface area contributed by atoms with E-state index in [4.69, 9.17) is 0 Å². The molecule has 1 N–H and O–H groups in total. The average molecular weight is 377 g/mol. The lowest BCUT2D eigenvalue weighted by Crippen LogP contribution is -2.34. The Morgan fingerprint density at radius 1 is 1.56 bits per heavy atom. The zero-order chi connectivity index (χ0) is 12.5. The summed E-state index contributed by atoms with van der Waals surface area (Å²) in [6.45, 7) is 3.20. The smallest absolute Gasteiger partial charge is 0.147 e. The fourth-order valence-corrected chi connectivity index (χ4v) is 4.20. The number of nitrogens with one attached hydrogen (secondary N) is 1. The molecule has 0 amide bonds. The number of anilines is 2. The molecule has 1 saturated heterocycles. The predicted molar refractivity (Wildman–Crippen MR) is 84.4 cm³/mol. The van der Waals surface area contributed by atoms with E-state index < -0.39 is 0 Å². The quantitative estimate of drug-likeness (QED) is 0.638. The molecule has 2 aliphatic rings. The Kier molecular flexibility index (Phi) is 3.81. The minimum atomic E-state index is 0.560. The summed E-state index contributed by atoms with van der Waals surface area (Å²) in [4.78, 5) is 11.3. The molecule has 0 aliphatic carbocycles. The van der Waals surface area contributed by atoms with Crippen molar-refractivity contribution in [2.45, 2.75) is 18.9 Å². The van der Waals surface area contributed by atoms with Gasteiger partial charge in [-0.05, 0) is 19.4 Å². The van der Waals surface area contributed by atoms with Crippen molar-refractivity contribution >= 4 is 42.0 Å². The molecule has 0 saturated carbocycles. The van der Waals surface area contributed by atoms with Crippen LogP contribution in [0.3, 0.4) is 0 Å². The molecule has 3 heterocycles. The highest BCUT2D eigenvalue weighted by Crippen LogP contribution is 2.38. The van der Waals surface area contributed by atoms with Gasteiger partial charge in [0.15, 0.2) is 0 Å². The van der Waals surface area contributed by atoms with Gasteiger partial charge >= 0.3 is 0 Å². The van der Waals surface area contributed by atoms with Crippen LogP contribution in [0.5, 0.6) is 0 Å². The van der Waals surface area contributed by atoms with E-state index in [-0.39, 0.29) is 0 Å². The van der Waals surface area contributed by atoms with E-state index in [1.165, 1.54) is 12.0 Å². The van der Waals surface area contributed by atoms with Crippen LogP contribution in [0.25, 0.3) is 0 Å². The fourth-order valence-electron chi connectivity index (χ4n) is 2.67. The second-order valence-corrected chi connectivity index (χ2v) is 6.44. The Morgan fingerprint density at radius 2 is 2.44 bits per heavy atom. The van der Waals surface area contributed by atoms with Gasteiger partial charge in [-0.1, -0.05) is 0 Å². The van der Waals surface area contributed by atoms with Crippen molar-refractivity contribution in [3.63, 3.8) is 0 Å². The lowest BCUT2D eigenvalue weighted by molar-refractivity contribution is 0.674. The number of fused-ring (bicyclic) bond motifs is 1. The Bertz CT molecular complexity index is 437. The van der Waals surface area contributed by atoms with Crippen LogP contribution in [0.15, 0.2) is 6.33 Å². The van der Waals surface area contributed by atoms with Crippen LogP contribution in [0, 0.1) is 0 Å². The molecule has 18 heavy (non-hydrogen) atoms. The van der Waals surface area contributed by atoms with Crippen LogP contribution in [-0.4, -0.2) is 42.7 Å². The van der Waals surface area contributed by atoms with E-state index in [0.29, 0.717) is 6.04 Å². The maximum Gasteiger partial charge on any atom is 0.147 e. The lowest BCUT2D eigenvalue weighted by Gasteiger charge is -2.26. The molecule has 1 fully saturated rings. The van der Waals surface area contributed by atoms with Crippen molar-refractivity contribution < 1.29 is 0 Å². The molecule has 1 aromatic rings. The molecule has 0 radical (unpaired) electrons. The highest BCUT2D eigenvalue weighted by atomic mass is 127. The van der Waals surface area contributed by atoms with Crippen molar-refractivity contribution in [3.8, 4) is 0 Å². The third kappa shape index (κ3) is 2.16. The Balaban J connectivity index is 1.91. The van der Waals surface area contributed by atoms with E-state index in [2.05, 4.69) is 52.7 Å². The van der Waals surface area contributed by atoms with Crippen molar-refractivity contribution in [2.75, 3.05) is 35.9 Å². The monoisotopic (exact) mass is 377 g/mol. The molecular weight excluding hydrogens is 361 g/mol. The van der Waals surface area contributed by atoms with E-state index in [1.807, 2.05) is 0 Å². The van der Waals surface area contributed by atoms with Crippen molar-refractivity contribution in [2.24, 2.45) is 0 Å². The first-order valence-corrected chi connectivity index (χ1v) is 9.46. The van der Waals surface area contributed by atoms with Gasteiger partial charge in [0.1, 0.15) is 18.0 Å². The second kappa shape index (κ2) is 5.38. The SMILES string of the molecule is CN(c1ncnc2c1CCN2SI)C1CCNC1. The summed E-state index contributed by atoms with van der Waals surface area (Å²) in [5.74, 6) is 2.21. The van der Waals surface area contributed by atoms with Gasteiger partial charge in [0.2, 0.25) is 0 Å². The van der Waals surface area contributed by atoms with Crippen molar-refractivity contribution in [1.82, 2.24) is 15.3 Å². The van der Waals surface area contributed by atoms with E-state index in [1.54, 1.807) is 15.4 Å². The molecule has 5 nitrogen and oxygen atoms in total. The number of nitrogens with zero attached hydrogens (tertiary/aromatic N) is 4. The van der Waals surface area contributed by atoms with Crippen LogP contribution in [0.2, 0.25) is 0 Å². The molecule has 2 aliphatic heterocycles. The minimum absolute atomic E-state index is 0.560. The van der Waals surface area contributed by atoms with Crippen LogP contribution >= 0.6 is 30.3 Å². The van der Waals surface area contributed by atoms with Crippen LogP contribution in [0.4, 0.5) is 11.6 Å². The normalized spacial score (nSPS) is 22.3. The summed E-state index contributed by atoms with van der Waals surface area (Å²) in [7, 11) is 3.86. The van der Waals surface area contributed by atoms with Crippen molar-refractivity contribution in [3.05, 3.63) is 11.9 Å². The summed E-state index contributed by atoms with van der Waals surface area (Å²) in [5.41, 5.74) is 1.30. The Labute approximate surface area is 123 Å². The Hall–Kier alpha value is -0.280. The van der Waals surface area contributed by atoms with Gasteiger partial charge in [-0.3, -0.25) is 4.31 Å². The third-order valence-electron chi connectivity index (χ3n) is 3.70. The zero-order valence-electron chi connectivity index (χ0n) is 10.3. The second-order valence-electron chi connectivity index (χ2n) is 4.68. The standard InChI is InChI=1S/C11H16IN5S/c1-16(8-2-4-13-6-8)10-9-3-5-17(18-12)11(9)15-7-14-10/h7-8,13H,2-6H2,1H3. The van der Waals surface area contributed by atoms with Crippen LogP contribution in [0.1, 0.15) is 12.0 Å². The summed E-state index contributed by atoms with van der Waals surface area (Å²) in [6.07, 6.45) is 3.93. The van der Waals surface area contributed by atoms with Gasteiger partial charge in [0.25, 0.3) is 0 Å². The molecule has 0 spiro atoms. The van der Waals surface area contributed by atoms with Gasteiger partial charge in [-0.25, -0.2) is 9.97 Å². The largest absolute Gasteiger partial charge is 0.355 e. The molecule has 7 heteroatoms. The van der Waals surface area contributed by atoms with Gasteiger partial charge in [-0.2, -0.15) is 0 Å². The first kappa shape index (κ1) is 12.7. The molecule has 1 aromatic heterocycles. The first-order valence-electron chi connectivity index (χ1n) is 6.15. The number of aromatic nitrogens is 2. The highest BCUT2D eigenvalue weighted by molar-refractivity contribution is 14.2. The molecule has 98 valence electrons. The molecule has 0 bridgehead atoms. The van der Waals surface area contributed by atoms with Gasteiger partial charge in [-0.15, -0.1) is 0 Å². The molecular formula is C11H16IN5S. The topological polar surface area (TPSA) is 44.3 Å². The molecule has 0 aromatic carbocycles.